The zero-order valence-corrected chi connectivity index (χ0v) is 13.2. The number of amides is 2. The lowest BCUT2D eigenvalue weighted by Crippen LogP contribution is -2.22. The highest BCUT2D eigenvalue weighted by Crippen LogP contribution is 2.53. The Morgan fingerprint density at radius 2 is 1.95 bits per heavy atom. The lowest BCUT2D eigenvalue weighted by molar-refractivity contribution is -0.117. The Labute approximate surface area is 132 Å². The van der Waals surface area contributed by atoms with E-state index in [-0.39, 0.29) is 11.8 Å². The molecule has 0 spiro atoms. The van der Waals surface area contributed by atoms with Crippen molar-refractivity contribution in [3.05, 3.63) is 28.8 Å². The fourth-order valence-corrected chi connectivity index (χ4v) is 2.40. The number of nitrogens with one attached hydrogen (secondary N) is 1. The minimum absolute atomic E-state index is 0.173. The van der Waals surface area contributed by atoms with Gasteiger partial charge in [0.15, 0.2) is 0 Å². The minimum atomic E-state index is -0.992. The summed E-state index contributed by atoms with van der Waals surface area (Å²) in [5, 5.41) is 3.00. The summed E-state index contributed by atoms with van der Waals surface area (Å²) in [5.41, 5.74) is 0.814. The van der Waals surface area contributed by atoms with Crippen LogP contribution in [-0.4, -0.2) is 35.1 Å². The van der Waals surface area contributed by atoms with Crippen molar-refractivity contribution in [2.24, 2.45) is 5.92 Å². The van der Waals surface area contributed by atoms with E-state index in [1.807, 2.05) is 0 Å². The molecule has 0 saturated heterocycles. The average molecular weight is 336 g/mol. The first-order chi connectivity index (χ1) is 9.22. The number of carbonyl (C=O) groups excluding carboxylic acids is 2. The van der Waals surface area contributed by atoms with E-state index in [1.165, 1.54) is 11.0 Å². The average Bonchev–Trinajstić information content (AvgIpc) is 3.00. The van der Waals surface area contributed by atoms with Crippen LogP contribution in [0.4, 0.5) is 5.69 Å². The monoisotopic (exact) mass is 334 g/mol. The van der Waals surface area contributed by atoms with Gasteiger partial charge in [-0.3, -0.25) is 9.59 Å². The number of hydrogen-bond donors (Lipinski definition) is 1. The maximum absolute atomic E-state index is 11.9. The highest BCUT2D eigenvalue weighted by Gasteiger charge is 2.56. The Morgan fingerprint density at radius 1 is 1.35 bits per heavy atom. The number of alkyl halides is 2. The van der Waals surface area contributed by atoms with Gasteiger partial charge in [0.25, 0.3) is 5.91 Å². The number of halogens is 3. The number of anilines is 1. The first-order valence-corrected chi connectivity index (χ1v) is 7.05. The van der Waals surface area contributed by atoms with Gasteiger partial charge >= 0.3 is 0 Å². The van der Waals surface area contributed by atoms with Crippen molar-refractivity contribution in [2.75, 3.05) is 19.4 Å². The van der Waals surface area contributed by atoms with Gasteiger partial charge in [0, 0.05) is 19.7 Å². The second-order valence-corrected chi connectivity index (χ2v) is 6.85. The molecule has 2 amide bonds. The zero-order valence-electron chi connectivity index (χ0n) is 10.9. The summed E-state index contributed by atoms with van der Waals surface area (Å²) in [4.78, 5) is 25.2. The third-order valence-electron chi connectivity index (χ3n) is 3.02. The molecule has 1 saturated carbocycles. The first kappa shape index (κ1) is 15.4. The summed E-state index contributed by atoms with van der Waals surface area (Å²) in [6.45, 7) is 0. The Morgan fingerprint density at radius 3 is 2.45 bits per heavy atom. The third kappa shape index (κ3) is 3.19. The molecular weight excluding hydrogens is 323 g/mol. The van der Waals surface area contributed by atoms with Gasteiger partial charge in [-0.2, -0.15) is 0 Å². The molecule has 1 unspecified atom stereocenters. The van der Waals surface area contributed by atoms with Gasteiger partial charge in [0.2, 0.25) is 5.91 Å². The van der Waals surface area contributed by atoms with Crippen molar-refractivity contribution < 1.29 is 9.59 Å². The van der Waals surface area contributed by atoms with E-state index in [0.717, 1.165) is 0 Å². The van der Waals surface area contributed by atoms with E-state index in [0.29, 0.717) is 22.7 Å². The Balaban J connectivity index is 2.17. The number of nitrogens with zero attached hydrogens (tertiary/aromatic N) is 1. The van der Waals surface area contributed by atoms with Crippen LogP contribution in [0.1, 0.15) is 16.8 Å². The maximum Gasteiger partial charge on any atom is 0.253 e. The molecule has 1 aliphatic carbocycles. The number of hydrogen-bond acceptors (Lipinski definition) is 2. The van der Waals surface area contributed by atoms with E-state index < -0.39 is 10.3 Å². The molecule has 1 fully saturated rings. The SMILES string of the molecule is CN(C)C(=O)c1ccc(Cl)c(NC(=O)C2CC2(Cl)Cl)c1. The highest BCUT2D eigenvalue weighted by molar-refractivity contribution is 6.52. The van der Waals surface area contributed by atoms with Crippen molar-refractivity contribution >= 4 is 52.3 Å². The molecule has 1 aliphatic rings. The summed E-state index contributed by atoms with van der Waals surface area (Å²) in [6, 6.07) is 4.70. The topological polar surface area (TPSA) is 49.4 Å². The molecule has 0 aliphatic heterocycles. The fraction of sp³-hybridized carbons (Fsp3) is 0.385. The second kappa shape index (κ2) is 5.43. The predicted molar refractivity (Wildman–Crippen MR) is 80.6 cm³/mol. The van der Waals surface area contributed by atoms with Gasteiger partial charge in [0.1, 0.15) is 4.33 Å². The molecule has 1 N–H and O–H groups in total. The molecule has 1 aromatic carbocycles. The second-order valence-electron chi connectivity index (χ2n) is 4.90. The molecule has 1 atom stereocenters. The largest absolute Gasteiger partial charge is 0.345 e. The van der Waals surface area contributed by atoms with Crippen LogP contribution in [-0.2, 0) is 4.79 Å². The van der Waals surface area contributed by atoms with Gasteiger partial charge in [-0.15, -0.1) is 23.2 Å². The van der Waals surface area contributed by atoms with Gasteiger partial charge in [0.05, 0.1) is 16.6 Å². The molecule has 108 valence electrons. The van der Waals surface area contributed by atoms with Crippen LogP contribution in [0.5, 0.6) is 0 Å². The summed E-state index contributed by atoms with van der Waals surface area (Å²) in [6.07, 6.45) is 0.413. The Kier molecular flexibility index (Phi) is 4.19. The van der Waals surface area contributed by atoms with Gasteiger partial charge in [-0.1, -0.05) is 11.6 Å². The molecule has 0 radical (unpaired) electrons. The number of rotatable bonds is 3. The molecule has 1 aromatic rings. The summed E-state index contributed by atoms with van der Waals surface area (Å²) < 4.78 is -0.992. The minimum Gasteiger partial charge on any atom is -0.345 e. The van der Waals surface area contributed by atoms with Gasteiger partial charge < -0.3 is 10.2 Å². The van der Waals surface area contributed by atoms with Crippen LogP contribution in [0.2, 0.25) is 5.02 Å². The number of benzene rings is 1. The van der Waals surface area contributed by atoms with Crippen LogP contribution in [0, 0.1) is 5.92 Å². The van der Waals surface area contributed by atoms with E-state index in [2.05, 4.69) is 5.32 Å². The lowest BCUT2D eigenvalue weighted by atomic mass is 10.1. The van der Waals surface area contributed by atoms with Crippen molar-refractivity contribution in [1.82, 2.24) is 4.90 Å². The molecule has 2 rings (SSSR count). The smallest absolute Gasteiger partial charge is 0.253 e. The molecular formula is C13H13Cl3N2O2. The summed E-state index contributed by atoms with van der Waals surface area (Å²) in [7, 11) is 3.30. The van der Waals surface area contributed by atoms with E-state index in [1.54, 1.807) is 26.2 Å². The van der Waals surface area contributed by atoms with Crippen LogP contribution >= 0.6 is 34.8 Å². The summed E-state index contributed by atoms with van der Waals surface area (Å²) in [5.74, 6) is -0.922. The predicted octanol–water partition coefficient (Wildman–Crippen LogP) is 3.17. The Bertz CT molecular complexity index is 573. The summed E-state index contributed by atoms with van der Waals surface area (Å²) >= 11 is 17.7. The van der Waals surface area contributed by atoms with Crippen LogP contribution < -0.4 is 5.32 Å². The standard InChI is InChI=1S/C13H13Cl3N2O2/c1-18(2)12(20)7-3-4-9(14)10(5-7)17-11(19)8-6-13(8,15)16/h3-5,8H,6H2,1-2H3,(H,17,19). The van der Waals surface area contributed by atoms with Crippen LogP contribution in [0.15, 0.2) is 18.2 Å². The van der Waals surface area contributed by atoms with E-state index in [9.17, 15) is 9.59 Å². The first-order valence-electron chi connectivity index (χ1n) is 5.92. The lowest BCUT2D eigenvalue weighted by Gasteiger charge is -2.13. The maximum atomic E-state index is 11.9. The quantitative estimate of drug-likeness (QED) is 0.863. The fourth-order valence-electron chi connectivity index (χ4n) is 1.73. The zero-order chi connectivity index (χ0) is 15.1. The van der Waals surface area contributed by atoms with Crippen molar-refractivity contribution in [1.29, 1.82) is 0 Å². The van der Waals surface area contributed by atoms with Crippen LogP contribution in [0.25, 0.3) is 0 Å². The van der Waals surface area contributed by atoms with E-state index in [4.69, 9.17) is 34.8 Å². The normalized spacial score (nSPS) is 19.4. The van der Waals surface area contributed by atoms with Crippen molar-refractivity contribution in [3.8, 4) is 0 Å². The van der Waals surface area contributed by atoms with Crippen LogP contribution in [0.3, 0.4) is 0 Å². The highest BCUT2D eigenvalue weighted by atomic mass is 35.5. The van der Waals surface area contributed by atoms with E-state index >= 15 is 0 Å². The molecule has 4 nitrogen and oxygen atoms in total. The molecule has 20 heavy (non-hydrogen) atoms. The molecule has 0 heterocycles. The third-order valence-corrected chi connectivity index (χ3v) is 4.18. The Hall–Kier alpha value is -0.970. The number of carbonyl (C=O) groups is 2. The molecule has 7 heteroatoms. The molecule has 0 aromatic heterocycles. The van der Waals surface area contributed by atoms with Gasteiger partial charge in [-0.25, -0.2) is 0 Å². The molecule has 0 bridgehead atoms. The van der Waals surface area contributed by atoms with Crippen molar-refractivity contribution in [2.45, 2.75) is 10.8 Å². The van der Waals surface area contributed by atoms with Gasteiger partial charge in [-0.05, 0) is 24.6 Å². The van der Waals surface area contributed by atoms with Crippen molar-refractivity contribution in [3.63, 3.8) is 0 Å².